The van der Waals surface area contributed by atoms with E-state index in [9.17, 15) is 4.79 Å². The second kappa shape index (κ2) is 7.47. The third-order valence-corrected chi connectivity index (χ3v) is 4.40. The predicted octanol–water partition coefficient (Wildman–Crippen LogP) is 4.05. The van der Waals surface area contributed by atoms with Crippen LogP contribution in [0.1, 0.15) is 48.7 Å². The molecular formula is C21H24N4O3. The van der Waals surface area contributed by atoms with Crippen molar-refractivity contribution in [3.05, 3.63) is 46.4 Å². The molecule has 1 aliphatic heterocycles. The first kappa shape index (κ1) is 19.6. The first-order chi connectivity index (χ1) is 13.2. The molecule has 146 valence electrons. The molecule has 1 aliphatic rings. The normalized spacial score (nSPS) is 13.5. The monoisotopic (exact) mass is 380 g/mol. The van der Waals surface area contributed by atoms with Crippen molar-refractivity contribution in [1.82, 2.24) is 14.9 Å². The second-order valence-electron chi connectivity index (χ2n) is 7.91. The largest absolute Gasteiger partial charge is 0.444 e. The van der Waals surface area contributed by atoms with Crippen LogP contribution in [0.3, 0.4) is 0 Å². The molecule has 0 fully saturated rings. The van der Waals surface area contributed by atoms with E-state index in [2.05, 4.69) is 16.0 Å². The molecule has 0 atom stereocenters. The number of hydrogen-bond acceptors (Lipinski definition) is 6. The van der Waals surface area contributed by atoms with Gasteiger partial charge < -0.3 is 14.4 Å². The van der Waals surface area contributed by atoms with Crippen LogP contribution in [0, 0.1) is 25.2 Å². The summed E-state index contributed by atoms with van der Waals surface area (Å²) in [6, 6.07) is 5.71. The van der Waals surface area contributed by atoms with Gasteiger partial charge in [-0.25, -0.2) is 14.8 Å². The van der Waals surface area contributed by atoms with Crippen molar-refractivity contribution in [2.45, 2.75) is 53.2 Å². The van der Waals surface area contributed by atoms with E-state index in [1.54, 1.807) is 17.0 Å². The summed E-state index contributed by atoms with van der Waals surface area (Å²) in [7, 11) is 0. The average Bonchev–Trinajstić information content (AvgIpc) is 2.62. The Morgan fingerprint density at radius 3 is 2.50 bits per heavy atom. The molecule has 7 nitrogen and oxygen atoms in total. The number of carbonyl (C=O) groups is 1. The number of aromatic nitrogens is 2. The highest BCUT2D eigenvalue weighted by Gasteiger charge is 2.29. The number of aryl methyl sites for hydroxylation is 2. The lowest BCUT2D eigenvalue weighted by Gasteiger charge is -2.31. The Balaban J connectivity index is 1.89. The quantitative estimate of drug-likeness (QED) is 0.781. The Bertz CT molecular complexity index is 934. The molecule has 0 aliphatic carbocycles. The number of rotatable bonds is 2. The van der Waals surface area contributed by atoms with Crippen molar-refractivity contribution in [3.63, 3.8) is 0 Å². The second-order valence-corrected chi connectivity index (χ2v) is 7.91. The molecule has 1 aromatic heterocycles. The van der Waals surface area contributed by atoms with Gasteiger partial charge in [0.2, 0.25) is 5.88 Å². The molecule has 2 heterocycles. The standard InChI is InChI=1S/C21H24N4O3/c1-13-8-15(10-22)9-14(2)18(13)27-19-16-11-25(20(26)28-21(3,4)5)7-6-17(16)23-12-24-19/h8-9,12H,6-7,11H2,1-5H3. The van der Waals surface area contributed by atoms with Crippen molar-refractivity contribution in [1.29, 1.82) is 5.26 Å². The van der Waals surface area contributed by atoms with Gasteiger partial charge in [0.25, 0.3) is 0 Å². The molecular weight excluding hydrogens is 356 g/mol. The van der Waals surface area contributed by atoms with Gasteiger partial charge in [0.15, 0.2) is 0 Å². The Labute approximate surface area is 164 Å². The summed E-state index contributed by atoms with van der Waals surface area (Å²) < 4.78 is 11.6. The van der Waals surface area contributed by atoms with Crippen molar-refractivity contribution in [2.75, 3.05) is 6.54 Å². The summed E-state index contributed by atoms with van der Waals surface area (Å²) in [4.78, 5) is 22.8. The molecule has 0 spiro atoms. The zero-order valence-corrected chi connectivity index (χ0v) is 16.9. The number of ether oxygens (including phenoxy) is 2. The molecule has 0 N–H and O–H groups in total. The molecule has 2 aromatic rings. The summed E-state index contributed by atoms with van der Waals surface area (Å²) in [5.41, 5.74) is 3.38. The summed E-state index contributed by atoms with van der Waals surface area (Å²) in [6.45, 7) is 10.2. The number of amides is 1. The minimum Gasteiger partial charge on any atom is -0.444 e. The molecule has 7 heteroatoms. The summed E-state index contributed by atoms with van der Waals surface area (Å²) in [5, 5.41) is 9.13. The molecule has 0 radical (unpaired) electrons. The predicted molar refractivity (Wildman–Crippen MR) is 103 cm³/mol. The van der Waals surface area contributed by atoms with Crippen LogP contribution >= 0.6 is 0 Å². The Hall–Kier alpha value is -3.14. The van der Waals surface area contributed by atoms with E-state index in [0.717, 1.165) is 22.4 Å². The van der Waals surface area contributed by atoms with Crippen LogP contribution in [0.4, 0.5) is 4.79 Å². The molecule has 0 saturated carbocycles. The lowest BCUT2D eigenvalue weighted by molar-refractivity contribution is 0.0221. The van der Waals surface area contributed by atoms with Crippen LogP contribution in [-0.2, 0) is 17.7 Å². The molecule has 1 aromatic carbocycles. The van der Waals surface area contributed by atoms with Gasteiger partial charge in [0, 0.05) is 13.0 Å². The van der Waals surface area contributed by atoms with E-state index < -0.39 is 5.60 Å². The number of nitriles is 1. The van der Waals surface area contributed by atoms with Crippen LogP contribution in [0.25, 0.3) is 0 Å². The third-order valence-electron chi connectivity index (χ3n) is 4.40. The van der Waals surface area contributed by atoms with Crippen molar-refractivity contribution in [3.8, 4) is 17.7 Å². The summed E-state index contributed by atoms with van der Waals surface area (Å²) in [5.74, 6) is 1.09. The van der Waals surface area contributed by atoms with Gasteiger partial charge in [-0.1, -0.05) is 0 Å². The Morgan fingerprint density at radius 1 is 1.21 bits per heavy atom. The van der Waals surface area contributed by atoms with Gasteiger partial charge in [-0.05, 0) is 57.9 Å². The third kappa shape index (κ3) is 4.22. The fourth-order valence-corrected chi connectivity index (χ4v) is 3.16. The van der Waals surface area contributed by atoms with Crippen LogP contribution in [0.2, 0.25) is 0 Å². The number of hydrogen-bond donors (Lipinski definition) is 0. The molecule has 3 rings (SSSR count). The van der Waals surface area contributed by atoms with E-state index in [0.29, 0.717) is 36.7 Å². The maximum atomic E-state index is 12.5. The van der Waals surface area contributed by atoms with E-state index in [4.69, 9.17) is 14.7 Å². The molecule has 0 saturated heterocycles. The summed E-state index contributed by atoms with van der Waals surface area (Å²) in [6.07, 6.45) is 1.73. The molecule has 28 heavy (non-hydrogen) atoms. The van der Waals surface area contributed by atoms with Crippen LogP contribution in [0.5, 0.6) is 11.6 Å². The van der Waals surface area contributed by atoms with Crippen molar-refractivity contribution < 1.29 is 14.3 Å². The van der Waals surface area contributed by atoms with E-state index in [1.807, 2.05) is 34.6 Å². The van der Waals surface area contributed by atoms with Crippen molar-refractivity contribution >= 4 is 6.09 Å². The SMILES string of the molecule is Cc1cc(C#N)cc(C)c1Oc1ncnc2c1CN(C(=O)OC(C)(C)C)CC2. The molecule has 0 bridgehead atoms. The maximum Gasteiger partial charge on any atom is 0.410 e. The fraction of sp³-hybridized carbons (Fsp3) is 0.429. The van der Waals surface area contributed by atoms with Crippen molar-refractivity contribution in [2.24, 2.45) is 0 Å². The zero-order valence-electron chi connectivity index (χ0n) is 16.9. The Kier molecular flexibility index (Phi) is 5.23. The van der Waals surface area contributed by atoms with Gasteiger partial charge in [-0.3, -0.25) is 0 Å². The van der Waals surface area contributed by atoms with E-state index in [-0.39, 0.29) is 6.09 Å². The molecule has 0 unspecified atom stereocenters. The van der Waals surface area contributed by atoms with Gasteiger partial charge in [0.05, 0.1) is 29.4 Å². The highest BCUT2D eigenvalue weighted by molar-refractivity contribution is 5.68. The minimum atomic E-state index is -0.555. The minimum absolute atomic E-state index is 0.328. The number of benzene rings is 1. The van der Waals surface area contributed by atoms with Crippen LogP contribution < -0.4 is 4.74 Å². The fourth-order valence-electron chi connectivity index (χ4n) is 3.16. The van der Waals surface area contributed by atoms with Gasteiger partial charge in [-0.15, -0.1) is 0 Å². The first-order valence-electron chi connectivity index (χ1n) is 9.18. The van der Waals surface area contributed by atoms with Gasteiger partial charge in [0.1, 0.15) is 17.7 Å². The number of nitrogens with zero attached hydrogens (tertiary/aromatic N) is 4. The van der Waals surface area contributed by atoms with Crippen LogP contribution in [-0.4, -0.2) is 33.1 Å². The highest BCUT2D eigenvalue weighted by Crippen LogP contribution is 2.33. The number of fused-ring (bicyclic) bond motifs is 1. The maximum absolute atomic E-state index is 12.5. The highest BCUT2D eigenvalue weighted by atomic mass is 16.6. The zero-order chi connectivity index (χ0) is 20.5. The van der Waals surface area contributed by atoms with Gasteiger partial charge >= 0.3 is 6.09 Å². The van der Waals surface area contributed by atoms with Crippen LogP contribution in [0.15, 0.2) is 18.5 Å². The average molecular weight is 380 g/mol. The first-order valence-corrected chi connectivity index (χ1v) is 9.18. The number of carbonyl (C=O) groups excluding carboxylic acids is 1. The topological polar surface area (TPSA) is 88.3 Å². The van der Waals surface area contributed by atoms with Gasteiger partial charge in [-0.2, -0.15) is 5.26 Å². The lowest BCUT2D eigenvalue weighted by atomic mass is 10.1. The Morgan fingerprint density at radius 2 is 1.89 bits per heavy atom. The summed E-state index contributed by atoms with van der Waals surface area (Å²) >= 11 is 0. The van der Waals surface area contributed by atoms with E-state index >= 15 is 0 Å². The lowest BCUT2D eigenvalue weighted by Crippen LogP contribution is -2.40. The smallest absolute Gasteiger partial charge is 0.410 e. The van der Waals surface area contributed by atoms with E-state index in [1.165, 1.54) is 6.33 Å². The molecule has 1 amide bonds.